The van der Waals surface area contributed by atoms with Crippen molar-refractivity contribution < 1.29 is 9.26 Å². The van der Waals surface area contributed by atoms with E-state index in [4.69, 9.17) is 14.4 Å². The topological polar surface area (TPSA) is 68.7 Å². The SMILES string of the molecule is CCOCCCc1cc(N2C=NC=CC2)n(Cc2cc(C3CC3)no2)n1. The Morgan fingerprint density at radius 1 is 1.31 bits per heavy atom. The molecular formula is C19H25N5O2. The summed E-state index contributed by atoms with van der Waals surface area (Å²) in [4.78, 5) is 6.33. The number of aliphatic imine (C=N–C) groups is 1. The molecule has 0 aromatic carbocycles. The third-order valence-corrected chi connectivity index (χ3v) is 4.61. The van der Waals surface area contributed by atoms with Crippen LogP contribution in [-0.2, 0) is 17.7 Å². The van der Waals surface area contributed by atoms with Gasteiger partial charge in [0, 0.05) is 44.0 Å². The van der Waals surface area contributed by atoms with Crippen molar-refractivity contribution >= 4 is 12.2 Å². The first-order valence-corrected chi connectivity index (χ1v) is 9.38. The van der Waals surface area contributed by atoms with Gasteiger partial charge in [0.25, 0.3) is 0 Å². The lowest BCUT2D eigenvalue weighted by molar-refractivity contribution is 0.145. The van der Waals surface area contributed by atoms with Crippen molar-refractivity contribution in [2.45, 2.75) is 45.1 Å². The molecule has 0 radical (unpaired) electrons. The van der Waals surface area contributed by atoms with Gasteiger partial charge in [0.15, 0.2) is 5.76 Å². The fraction of sp³-hybridized carbons (Fsp3) is 0.526. The van der Waals surface area contributed by atoms with Gasteiger partial charge in [-0.1, -0.05) is 5.16 Å². The lowest BCUT2D eigenvalue weighted by atomic mass is 10.2. The number of nitrogens with zero attached hydrogens (tertiary/aromatic N) is 5. The summed E-state index contributed by atoms with van der Waals surface area (Å²) in [6, 6.07) is 4.21. The monoisotopic (exact) mass is 355 g/mol. The largest absolute Gasteiger partial charge is 0.382 e. The summed E-state index contributed by atoms with van der Waals surface area (Å²) in [6.45, 7) is 4.90. The van der Waals surface area contributed by atoms with E-state index in [1.165, 1.54) is 12.8 Å². The molecule has 0 bridgehead atoms. The molecule has 138 valence electrons. The van der Waals surface area contributed by atoms with Gasteiger partial charge < -0.3 is 14.2 Å². The minimum Gasteiger partial charge on any atom is -0.382 e. The van der Waals surface area contributed by atoms with Crippen molar-refractivity contribution in [3.63, 3.8) is 0 Å². The van der Waals surface area contributed by atoms with Crippen LogP contribution in [0.4, 0.5) is 5.82 Å². The number of ether oxygens (including phenoxy) is 1. The van der Waals surface area contributed by atoms with E-state index in [2.05, 4.69) is 27.2 Å². The highest BCUT2D eigenvalue weighted by Gasteiger charge is 2.27. The van der Waals surface area contributed by atoms with Crippen LogP contribution in [0.5, 0.6) is 0 Å². The zero-order valence-corrected chi connectivity index (χ0v) is 15.2. The molecule has 0 saturated heterocycles. The molecule has 3 heterocycles. The normalized spacial score (nSPS) is 16.6. The van der Waals surface area contributed by atoms with Gasteiger partial charge in [-0.3, -0.25) is 0 Å². The molecule has 2 aromatic rings. The first-order valence-electron chi connectivity index (χ1n) is 9.38. The second-order valence-electron chi connectivity index (χ2n) is 6.75. The molecule has 4 rings (SSSR count). The first-order chi connectivity index (χ1) is 12.8. The summed E-state index contributed by atoms with van der Waals surface area (Å²) in [6.07, 6.45) is 9.99. The van der Waals surface area contributed by atoms with Crippen LogP contribution in [0.3, 0.4) is 0 Å². The molecule has 7 heteroatoms. The molecule has 1 aliphatic carbocycles. The van der Waals surface area contributed by atoms with Gasteiger partial charge in [-0.05, 0) is 38.7 Å². The highest BCUT2D eigenvalue weighted by molar-refractivity contribution is 5.79. The molecule has 7 nitrogen and oxygen atoms in total. The third-order valence-electron chi connectivity index (χ3n) is 4.61. The van der Waals surface area contributed by atoms with Gasteiger partial charge in [0.05, 0.1) is 17.7 Å². The lowest BCUT2D eigenvalue weighted by Crippen LogP contribution is -2.26. The summed E-state index contributed by atoms with van der Waals surface area (Å²) in [5.74, 6) is 2.47. The molecule has 0 amide bonds. The predicted molar refractivity (Wildman–Crippen MR) is 99.6 cm³/mol. The van der Waals surface area contributed by atoms with Crippen LogP contribution in [-0.4, -0.2) is 41.0 Å². The van der Waals surface area contributed by atoms with Crippen molar-refractivity contribution in [1.29, 1.82) is 0 Å². The first kappa shape index (κ1) is 17.0. The van der Waals surface area contributed by atoms with Gasteiger partial charge >= 0.3 is 0 Å². The molecule has 1 fully saturated rings. The van der Waals surface area contributed by atoms with Gasteiger partial charge in [0.2, 0.25) is 0 Å². The molecule has 1 saturated carbocycles. The Hall–Kier alpha value is -2.41. The fourth-order valence-corrected chi connectivity index (χ4v) is 3.09. The van der Waals surface area contributed by atoms with Gasteiger partial charge in [-0.15, -0.1) is 0 Å². The maximum Gasteiger partial charge on any atom is 0.158 e. The predicted octanol–water partition coefficient (Wildman–Crippen LogP) is 3.13. The average Bonchev–Trinajstić information content (AvgIpc) is 3.29. The highest BCUT2D eigenvalue weighted by atomic mass is 16.5. The number of rotatable bonds is 9. The van der Waals surface area contributed by atoms with Crippen LogP contribution in [0.2, 0.25) is 0 Å². The summed E-state index contributed by atoms with van der Waals surface area (Å²) < 4.78 is 13.0. The van der Waals surface area contributed by atoms with Gasteiger partial charge in [-0.2, -0.15) is 5.10 Å². The molecule has 0 unspecified atom stereocenters. The summed E-state index contributed by atoms with van der Waals surface area (Å²) >= 11 is 0. The molecule has 0 N–H and O–H groups in total. The number of aromatic nitrogens is 3. The Kier molecular flexibility index (Phi) is 5.15. The number of aryl methyl sites for hydroxylation is 1. The number of hydrogen-bond donors (Lipinski definition) is 0. The third kappa shape index (κ3) is 4.04. The summed E-state index contributed by atoms with van der Waals surface area (Å²) in [5, 5.41) is 9.00. The zero-order valence-electron chi connectivity index (χ0n) is 15.2. The Morgan fingerprint density at radius 3 is 3.00 bits per heavy atom. The van der Waals surface area contributed by atoms with E-state index >= 15 is 0 Å². The maximum absolute atomic E-state index is 5.54. The van der Waals surface area contributed by atoms with Crippen LogP contribution in [0, 0.1) is 0 Å². The molecule has 0 atom stereocenters. The molecule has 1 aliphatic heterocycles. The van der Waals surface area contributed by atoms with E-state index in [0.29, 0.717) is 12.5 Å². The molecular weight excluding hydrogens is 330 g/mol. The van der Waals surface area contributed by atoms with E-state index in [9.17, 15) is 0 Å². The molecule has 0 spiro atoms. The van der Waals surface area contributed by atoms with Crippen molar-refractivity contribution in [1.82, 2.24) is 14.9 Å². The average molecular weight is 355 g/mol. The minimum atomic E-state index is 0.578. The Morgan fingerprint density at radius 2 is 2.23 bits per heavy atom. The van der Waals surface area contributed by atoms with Gasteiger partial charge in [-0.25, -0.2) is 9.67 Å². The van der Waals surface area contributed by atoms with Crippen LogP contribution >= 0.6 is 0 Å². The standard InChI is InChI=1S/C19H25N5O2/c1-2-25-10-3-5-16-11-19(23-9-4-8-20-14-23)24(21-16)13-17-12-18(22-26-17)15-6-7-15/h4,8,11-12,14-15H,2-3,5-7,9-10,13H2,1H3. The Bertz CT molecular complexity index is 788. The van der Waals surface area contributed by atoms with Gasteiger partial charge in [0.1, 0.15) is 12.4 Å². The smallest absolute Gasteiger partial charge is 0.158 e. The van der Waals surface area contributed by atoms with Crippen LogP contribution in [0.15, 0.2) is 33.9 Å². The van der Waals surface area contributed by atoms with Crippen LogP contribution in [0.25, 0.3) is 0 Å². The maximum atomic E-state index is 5.54. The quantitative estimate of drug-likeness (QED) is 0.647. The van der Waals surface area contributed by atoms with E-state index < -0.39 is 0 Å². The molecule has 2 aromatic heterocycles. The number of anilines is 1. The van der Waals surface area contributed by atoms with Crippen LogP contribution < -0.4 is 4.90 Å². The van der Waals surface area contributed by atoms with E-state index in [-0.39, 0.29) is 0 Å². The van der Waals surface area contributed by atoms with Crippen molar-refractivity contribution in [3.8, 4) is 0 Å². The highest BCUT2D eigenvalue weighted by Crippen LogP contribution is 2.39. The fourth-order valence-electron chi connectivity index (χ4n) is 3.09. The molecule has 2 aliphatic rings. The van der Waals surface area contributed by atoms with Crippen LogP contribution in [0.1, 0.15) is 49.3 Å². The summed E-state index contributed by atoms with van der Waals surface area (Å²) in [7, 11) is 0. The van der Waals surface area contributed by atoms with Crippen molar-refractivity contribution in [3.05, 3.63) is 41.6 Å². The van der Waals surface area contributed by atoms with E-state index in [1.807, 2.05) is 30.2 Å². The Labute approximate surface area is 153 Å². The van der Waals surface area contributed by atoms with E-state index in [1.54, 1.807) is 0 Å². The molecule has 26 heavy (non-hydrogen) atoms. The lowest BCUT2D eigenvalue weighted by Gasteiger charge is -2.19. The zero-order chi connectivity index (χ0) is 17.8. The number of hydrogen-bond acceptors (Lipinski definition) is 6. The second kappa shape index (κ2) is 7.86. The second-order valence-corrected chi connectivity index (χ2v) is 6.75. The van der Waals surface area contributed by atoms with E-state index in [0.717, 1.165) is 55.6 Å². The summed E-state index contributed by atoms with van der Waals surface area (Å²) in [5.41, 5.74) is 2.14. The van der Waals surface area contributed by atoms with Crippen molar-refractivity contribution in [2.75, 3.05) is 24.7 Å². The minimum absolute atomic E-state index is 0.578. The Balaban J connectivity index is 1.50. The van der Waals surface area contributed by atoms with Crippen molar-refractivity contribution in [2.24, 2.45) is 4.99 Å².